The van der Waals surface area contributed by atoms with Crippen LogP contribution >= 0.6 is 34.8 Å². The number of rotatable bonds is 4. The number of hydrogen-bond donors (Lipinski definition) is 0. The van der Waals surface area contributed by atoms with Gasteiger partial charge in [0.25, 0.3) is 0 Å². The lowest BCUT2D eigenvalue weighted by Gasteiger charge is -2.07. The lowest BCUT2D eigenvalue weighted by molar-refractivity contribution is 0.284. The van der Waals surface area contributed by atoms with Gasteiger partial charge in [-0.3, -0.25) is 0 Å². The van der Waals surface area contributed by atoms with Gasteiger partial charge >= 0.3 is 0 Å². The monoisotopic (exact) mass is 320 g/mol. The van der Waals surface area contributed by atoms with Crippen molar-refractivity contribution >= 4 is 34.8 Å². The zero-order chi connectivity index (χ0) is 14.0. The summed E-state index contributed by atoms with van der Waals surface area (Å²) in [4.78, 5) is 4.19. The summed E-state index contributed by atoms with van der Waals surface area (Å²) in [6, 6.07) is 3.08. The fourth-order valence-corrected chi connectivity index (χ4v) is 1.91. The van der Waals surface area contributed by atoms with Gasteiger partial charge in [0.05, 0.1) is 15.1 Å². The van der Waals surface area contributed by atoms with Crippen molar-refractivity contribution in [3.8, 4) is 5.75 Å². The van der Waals surface area contributed by atoms with E-state index in [4.69, 9.17) is 44.1 Å². The van der Waals surface area contributed by atoms with Gasteiger partial charge in [0.1, 0.15) is 5.75 Å². The van der Waals surface area contributed by atoms with Gasteiger partial charge in [-0.15, -0.1) is 0 Å². The molecule has 0 bridgehead atoms. The second-order valence-corrected chi connectivity index (χ2v) is 5.41. The molecule has 19 heavy (non-hydrogen) atoms. The summed E-state index contributed by atoms with van der Waals surface area (Å²) in [7, 11) is 0. The summed E-state index contributed by atoms with van der Waals surface area (Å²) in [6.07, 6.45) is 0. The van der Waals surface area contributed by atoms with E-state index in [0.717, 1.165) is 0 Å². The maximum atomic E-state index is 5.99. The molecule has 102 valence electrons. The summed E-state index contributed by atoms with van der Waals surface area (Å²) < 4.78 is 10.6. The molecular formula is C12H11Cl3N2O2. The van der Waals surface area contributed by atoms with Crippen molar-refractivity contribution in [1.82, 2.24) is 10.1 Å². The van der Waals surface area contributed by atoms with Crippen molar-refractivity contribution in [2.75, 3.05) is 0 Å². The Morgan fingerprint density at radius 2 is 1.84 bits per heavy atom. The van der Waals surface area contributed by atoms with Crippen LogP contribution in [0.3, 0.4) is 0 Å². The second-order valence-electron chi connectivity index (χ2n) is 4.19. The molecule has 0 aliphatic heterocycles. The maximum absolute atomic E-state index is 5.99. The fourth-order valence-electron chi connectivity index (χ4n) is 1.32. The van der Waals surface area contributed by atoms with Crippen molar-refractivity contribution in [3.63, 3.8) is 0 Å². The molecule has 0 aliphatic carbocycles. The van der Waals surface area contributed by atoms with Crippen LogP contribution in [-0.4, -0.2) is 10.1 Å². The quantitative estimate of drug-likeness (QED) is 0.764. The van der Waals surface area contributed by atoms with Gasteiger partial charge in [0.15, 0.2) is 6.61 Å². The van der Waals surface area contributed by atoms with Crippen molar-refractivity contribution in [2.24, 2.45) is 0 Å². The average molecular weight is 322 g/mol. The van der Waals surface area contributed by atoms with Gasteiger partial charge in [0.2, 0.25) is 11.7 Å². The van der Waals surface area contributed by atoms with E-state index in [0.29, 0.717) is 32.5 Å². The Hall–Kier alpha value is -0.970. The molecule has 2 rings (SSSR count). The number of aromatic nitrogens is 2. The van der Waals surface area contributed by atoms with E-state index in [2.05, 4.69) is 10.1 Å². The van der Waals surface area contributed by atoms with E-state index in [-0.39, 0.29) is 12.5 Å². The highest BCUT2D eigenvalue weighted by atomic mass is 35.5. The van der Waals surface area contributed by atoms with Gasteiger partial charge in [-0.25, -0.2) is 0 Å². The van der Waals surface area contributed by atoms with E-state index in [1.807, 2.05) is 13.8 Å². The van der Waals surface area contributed by atoms with Crippen LogP contribution in [0.5, 0.6) is 5.75 Å². The van der Waals surface area contributed by atoms with Gasteiger partial charge in [-0.1, -0.05) is 53.8 Å². The molecule has 4 nitrogen and oxygen atoms in total. The average Bonchev–Trinajstić information content (AvgIpc) is 2.81. The van der Waals surface area contributed by atoms with Crippen LogP contribution in [-0.2, 0) is 6.61 Å². The molecule has 1 aromatic heterocycles. The van der Waals surface area contributed by atoms with Crippen LogP contribution in [0, 0.1) is 0 Å². The third kappa shape index (κ3) is 3.53. The van der Waals surface area contributed by atoms with Crippen LogP contribution < -0.4 is 4.74 Å². The molecule has 7 heteroatoms. The Morgan fingerprint density at radius 3 is 2.47 bits per heavy atom. The van der Waals surface area contributed by atoms with Gasteiger partial charge < -0.3 is 9.26 Å². The highest BCUT2D eigenvalue weighted by molar-refractivity contribution is 6.43. The molecule has 0 saturated heterocycles. The van der Waals surface area contributed by atoms with E-state index in [1.54, 1.807) is 6.07 Å². The molecule has 0 amide bonds. The van der Waals surface area contributed by atoms with Crippen LogP contribution in [0.25, 0.3) is 0 Å². The number of hydrogen-bond acceptors (Lipinski definition) is 4. The second kappa shape index (κ2) is 5.99. The van der Waals surface area contributed by atoms with Gasteiger partial charge in [0, 0.05) is 12.0 Å². The molecule has 0 radical (unpaired) electrons. The highest BCUT2D eigenvalue weighted by Gasteiger charge is 2.12. The smallest absolute Gasteiger partial charge is 0.229 e. The third-order valence-corrected chi connectivity index (χ3v) is 3.33. The summed E-state index contributed by atoms with van der Waals surface area (Å²) in [5.74, 6) is 1.62. The Bertz CT molecular complexity index is 584. The van der Waals surface area contributed by atoms with E-state index in [1.165, 1.54) is 6.07 Å². The van der Waals surface area contributed by atoms with Crippen molar-refractivity contribution in [1.29, 1.82) is 0 Å². The van der Waals surface area contributed by atoms with Crippen LogP contribution in [0.15, 0.2) is 16.7 Å². The van der Waals surface area contributed by atoms with Crippen LogP contribution in [0.2, 0.25) is 15.1 Å². The number of nitrogens with zero attached hydrogens (tertiary/aromatic N) is 2. The predicted octanol–water partition coefficient (Wildman–Crippen LogP) is 4.73. The summed E-state index contributed by atoms with van der Waals surface area (Å²) in [6.45, 7) is 4.08. The lowest BCUT2D eigenvalue weighted by Crippen LogP contribution is -1.99. The zero-order valence-electron chi connectivity index (χ0n) is 10.3. The molecule has 1 aromatic carbocycles. The Morgan fingerprint density at radius 1 is 1.16 bits per heavy atom. The van der Waals surface area contributed by atoms with Crippen LogP contribution in [0.4, 0.5) is 0 Å². The molecule has 0 unspecified atom stereocenters. The first-order chi connectivity index (χ1) is 8.97. The van der Waals surface area contributed by atoms with Crippen molar-refractivity contribution < 1.29 is 9.26 Å². The first kappa shape index (κ1) is 14.4. The number of benzene rings is 1. The normalized spacial score (nSPS) is 11.1. The zero-order valence-corrected chi connectivity index (χ0v) is 12.6. The van der Waals surface area contributed by atoms with Crippen molar-refractivity contribution in [3.05, 3.63) is 38.9 Å². The predicted molar refractivity (Wildman–Crippen MR) is 74.2 cm³/mol. The molecule has 2 aromatic rings. The first-order valence-corrected chi connectivity index (χ1v) is 6.70. The van der Waals surface area contributed by atoms with Crippen molar-refractivity contribution in [2.45, 2.75) is 26.4 Å². The van der Waals surface area contributed by atoms with Gasteiger partial charge in [-0.2, -0.15) is 4.98 Å². The summed E-state index contributed by atoms with van der Waals surface area (Å²) in [5, 5.41) is 4.93. The maximum Gasteiger partial charge on any atom is 0.229 e. The number of ether oxygens (including phenoxy) is 1. The molecular weight excluding hydrogens is 311 g/mol. The molecule has 0 N–H and O–H groups in total. The SMILES string of the molecule is CC(C)c1nc(COc2cc(Cl)c(Cl)cc2Cl)no1. The van der Waals surface area contributed by atoms with E-state index >= 15 is 0 Å². The number of halogens is 3. The lowest BCUT2D eigenvalue weighted by atomic mass is 10.2. The first-order valence-electron chi connectivity index (χ1n) is 5.57. The topological polar surface area (TPSA) is 48.2 Å². The Balaban J connectivity index is 2.07. The van der Waals surface area contributed by atoms with E-state index < -0.39 is 0 Å². The minimum absolute atomic E-state index is 0.147. The largest absolute Gasteiger partial charge is 0.484 e. The Labute approximate surface area is 125 Å². The molecule has 1 heterocycles. The minimum Gasteiger partial charge on any atom is -0.484 e. The minimum atomic E-state index is 0.147. The standard InChI is InChI=1S/C12H11Cl3N2O2/c1-6(2)12-16-11(17-19-12)5-18-10-4-8(14)7(13)3-9(10)15/h3-4,6H,5H2,1-2H3. The molecule has 0 fully saturated rings. The summed E-state index contributed by atoms with van der Waals surface area (Å²) in [5.41, 5.74) is 0. The third-order valence-electron chi connectivity index (χ3n) is 2.31. The highest BCUT2D eigenvalue weighted by Crippen LogP contribution is 2.34. The van der Waals surface area contributed by atoms with Crippen LogP contribution in [0.1, 0.15) is 31.5 Å². The Kier molecular flexibility index (Phi) is 4.55. The molecule has 0 atom stereocenters. The summed E-state index contributed by atoms with van der Waals surface area (Å²) >= 11 is 17.7. The van der Waals surface area contributed by atoms with Gasteiger partial charge in [-0.05, 0) is 6.07 Å². The molecule has 0 aliphatic rings. The molecule has 0 saturated carbocycles. The fraction of sp³-hybridized carbons (Fsp3) is 0.333. The molecule has 0 spiro atoms. The van der Waals surface area contributed by atoms with E-state index in [9.17, 15) is 0 Å².